The topological polar surface area (TPSA) is 72.9 Å². The number of benzene rings is 1. The van der Waals surface area contributed by atoms with Gasteiger partial charge in [0, 0.05) is 37.9 Å². The van der Waals surface area contributed by atoms with E-state index < -0.39 is 0 Å². The van der Waals surface area contributed by atoms with Gasteiger partial charge in [-0.05, 0) is 11.5 Å². The fourth-order valence-electron chi connectivity index (χ4n) is 2.20. The van der Waals surface area contributed by atoms with Crippen molar-refractivity contribution in [2.45, 2.75) is 25.9 Å². The van der Waals surface area contributed by atoms with Gasteiger partial charge in [0.25, 0.3) is 0 Å². The summed E-state index contributed by atoms with van der Waals surface area (Å²) in [6, 6.07) is 9.43. The van der Waals surface area contributed by atoms with Gasteiger partial charge in [0.1, 0.15) is 0 Å². The predicted octanol–water partition coefficient (Wildman–Crippen LogP) is 2.57. The minimum atomic E-state index is -0.254. The van der Waals surface area contributed by atoms with Crippen LogP contribution in [0.3, 0.4) is 0 Å². The Morgan fingerprint density at radius 3 is 2.61 bits per heavy atom. The first-order valence-electron chi connectivity index (χ1n) is 7.18. The smallest absolute Gasteiger partial charge is 0.221 e. The quantitative estimate of drug-likeness (QED) is 0.798. The summed E-state index contributed by atoms with van der Waals surface area (Å²) in [5.41, 5.74) is 7.02. The van der Waals surface area contributed by atoms with Crippen LogP contribution >= 0.6 is 24.8 Å². The standard InChI is InChI=1S/C16H22N4O.2ClH/c1-13(11-20-8-7-18-12-20)10-19-16(21)9-15(17)14-5-3-2-4-6-14;;/h2-8,12-13,15H,9-11,17H2,1H3,(H,19,21);2*1H. The van der Waals surface area contributed by atoms with E-state index in [1.165, 1.54) is 0 Å². The Balaban J connectivity index is 0.00000242. The van der Waals surface area contributed by atoms with E-state index in [1.807, 2.05) is 41.1 Å². The van der Waals surface area contributed by atoms with E-state index in [0.29, 0.717) is 18.9 Å². The zero-order chi connectivity index (χ0) is 15.1. The van der Waals surface area contributed by atoms with Gasteiger partial charge in [0.2, 0.25) is 5.91 Å². The average molecular weight is 359 g/mol. The van der Waals surface area contributed by atoms with Crippen LogP contribution in [0.2, 0.25) is 0 Å². The number of rotatable bonds is 7. The third-order valence-electron chi connectivity index (χ3n) is 3.36. The third kappa shape index (κ3) is 7.50. The number of imidazole rings is 1. The van der Waals surface area contributed by atoms with Crippen molar-refractivity contribution >= 4 is 30.7 Å². The van der Waals surface area contributed by atoms with Gasteiger partial charge in [0.05, 0.1) is 6.33 Å². The molecular weight excluding hydrogens is 335 g/mol. The zero-order valence-electron chi connectivity index (χ0n) is 13.1. The molecule has 23 heavy (non-hydrogen) atoms. The molecule has 0 radical (unpaired) electrons. The van der Waals surface area contributed by atoms with E-state index in [1.54, 1.807) is 12.5 Å². The highest BCUT2D eigenvalue weighted by Gasteiger charge is 2.12. The number of carbonyl (C=O) groups excluding carboxylic acids is 1. The van der Waals surface area contributed by atoms with Crippen LogP contribution in [0.25, 0.3) is 0 Å². The van der Waals surface area contributed by atoms with E-state index in [-0.39, 0.29) is 36.8 Å². The molecule has 0 saturated heterocycles. The second kappa shape index (κ2) is 11.0. The van der Waals surface area contributed by atoms with Crippen molar-refractivity contribution in [2.75, 3.05) is 6.54 Å². The maximum atomic E-state index is 11.9. The van der Waals surface area contributed by atoms with Crippen LogP contribution < -0.4 is 11.1 Å². The van der Waals surface area contributed by atoms with Crippen LogP contribution in [-0.2, 0) is 11.3 Å². The van der Waals surface area contributed by atoms with Gasteiger partial charge in [0.15, 0.2) is 0 Å². The highest BCUT2D eigenvalue weighted by molar-refractivity contribution is 5.85. The first-order chi connectivity index (χ1) is 10.1. The summed E-state index contributed by atoms with van der Waals surface area (Å²) >= 11 is 0. The van der Waals surface area contributed by atoms with Gasteiger partial charge in [-0.3, -0.25) is 4.79 Å². The maximum Gasteiger partial charge on any atom is 0.221 e. The Morgan fingerprint density at radius 1 is 1.30 bits per heavy atom. The molecule has 2 unspecified atom stereocenters. The van der Waals surface area contributed by atoms with Crippen molar-refractivity contribution in [3.05, 3.63) is 54.6 Å². The van der Waals surface area contributed by atoms with Gasteiger partial charge in [-0.1, -0.05) is 37.3 Å². The monoisotopic (exact) mass is 358 g/mol. The molecule has 0 aliphatic rings. The predicted molar refractivity (Wildman–Crippen MR) is 96.9 cm³/mol. The van der Waals surface area contributed by atoms with Crippen LogP contribution in [0.4, 0.5) is 0 Å². The van der Waals surface area contributed by atoms with Crippen LogP contribution in [0.1, 0.15) is 24.9 Å². The van der Waals surface area contributed by atoms with Gasteiger partial charge >= 0.3 is 0 Å². The number of nitrogens with one attached hydrogen (secondary N) is 1. The molecule has 2 rings (SSSR count). The van der Waals surface area contributed by atoms with Crippen molar-refractivity contribution in [3.8, 4) is 0 Å². The van der Waals surface area contributed by atoms with Crippen molar-refractivity contribution in [1.29, 1.82) is 0 Å². The molecule has 128 valence electrons. The van der Waals surface area contributed by atoms with Gasteiger partial charge in [-0.2, -0.15) is 0 Å². The minimum absolute atomic E-state index is 0. The molecule has 0 spiro atoms. The van der Waals surface area contributed by atoms with Crippen LogP contribution in [0.5, 0.6) is 0 Å². The molecule has 0 aliphatic heterocycles. The van der Waals surface area contributed by atoms with Gasteiger partial charge < -0.3 is 15.6 Å². The number of amides is 1. The SMILES string of the molecule is CC(CNC(=O)CC(N)c1ccccc1)Cn1ccnc1.Cl.Cl. The first kappa shape index (κ1) is 21.4. The lowest BCUT2D eigenvalue weighted by Gasteiger charge is -2.15. The molecule has 3 N–H and O–H groups in total. The highest BCUT2D eigenvalue weighted by Crippen LogP contribution is 2.12. The molecule has 1 aromatic carbocycles. The fourth-order valence-corrected chi connectivity index (χ4v) is 2.20. The second-order valence-electron chi connectivity index (χ2n) is 5.39. The molecule has 0 aliphatic carbocycles. The van der Waals surface area contributed by atoms with Crippen molar-refractivity contribution in [3.63, 3.8) is 0 Å². The molecule has 1 aromatic heterocycles. The number of hydrogen-bond acceptors (Lipinski definition) is 3. The summed E-state index contributed by atoms with van der Waals surface area (Å²) in [6.07, 6.45) is 5.76. The minimum Gasteiger partial charge on any atom is -0.356 e. The number of aromatic nitrogens is 2. The number of halogens is 2. The summed E-state index contributed by atoms with van der Waals surface area (Å²) in [7, 11) is 0. The average Bonchev–Trinajstić information content (AvgIpc) is 2.99. The molecule has 0 bridgehead atoms. The summed E-state index contributed by atoms with van der Waals surface area (Å²) < 4.78 is 2.01. The zero-order valence-corrected chi connectivity index (χ0v) is 14.7. The largest absolute Gasteiger partial charge is 0.356 e. The molecule has 1 amide bonds. The first-order valence-corrected chi connectivity index (χ1v) is 7.18. The molecular formula is C16H24Cl2N4O. The van der Waals surface area contributed by atoms with Crippen molar-refractivity contribution in [1.82, 2.24) is 14.9 Å². The Kier molecular flexibility index (Phi) is 10.3. The summed E-state index contributed by atoms with van der Waals surface area (Å²) in [4.78, 5) is 15.9. The summed E-state index contributed by atoms with van der Waals surface area (Å²) in [5.74, 6) is 0.333. The molecule has 2 aromatic rings. The Labute approximate surface area is 149 Å². The fraction of sp³-hybridized carbons (Fsp3) is 0.375. The highest BCUT2D eigenvalue weighted by atomic mass is 35.5. The van der Waals surface area contributed by atoms with Crippen molar-refractivity contribution in [2.24, 2.45) is 11.7 Å². The number of hydrogen-bond donors (Lipinski definition) is 2. The second-order valence-corrected chi connectivity index (χ2v) is 5.39. The molecule has 2 atom stereocenters. The Hall–Kier alpha value is -1.56. The molecule has 1 heterocycles. The molecule has 0 fully saturated rings. The van der Waals surface area contributed by atoms with Crippen LogP contribution in [0.15, 0.2) is 49.1 Å². The summed E-state index contributed by atoms with van der Waals surface area (Å²) in [5, 5.41) is 2.94. The third-order valence-corrected chi connectivity index (χ3v) is 3.36. The number of carbonyl (C=O) groups is 1. The Morgan fingerprint density at radius 2 is 2.00 bits per heavy atom. The summed E-state index contributed by atoms with van der Waals surface area (Å²) in [6.45, 7) is 3.57. The van der Waals surface area contributed by atoms with Crippen LogP contribution in [0, 0.1) is 5.92 Å². The van der Waals surface area contributed by atoms with E-state index >= 15 is 0 Å². The lowest BCUT2D eigenvalue weighted by Crippen LogP contribution is -2.32. The normalized spacial score (nSPS) is 12.4. The van der Waals surface area contributed by atoms with E-state index in [0.717, 1.165) is 12.1 Å². The molecule has 7 heteroatoms. The van der Waals surface area contributed by atoms with E-state index in [2.05, 4.69) is 17.2 Å². The Bertz CT molecular complexity index is 548. The lowest BCUT2D eigenvalue weighted by atomic mass is 10.0. The van der Waals surface area contributed by atoms with Gasteiger partial charge in [-0.15, -0.1) is 24.8 Å². The van der Waals surface area contributed by atoms with Crippen molar-refractivity contribution < 1.29 is 4.79 Å². The molecule has 5 nitrogen and oxygen atoms in total. The lowest BCUT2D eigenvalue weighted by molar-refractivity contribution is -0.121. The van der Waals surface area contributed by atoms with Gasteiger partial charge in [-0.25, -0.2) is 4.98 Å². The molecule has 0 saturated carbocycles. The van der Waals surface area contributed by atoms with E-state index in [4.69, 9.17) is 5.73 Å². The van der Waals surface area contributed by atoms with Crippen LogP contribution in [-0.4, -0.2) is 22.0 Å². The maximum absolute atomic E-state index is 11.9. The van der Waals surface area contributed by atoms with E-state index in [9.17, 15) is 4.79 Å². The number of nitrogens with zero attached hydrogens (tertiary/aromatic N) is 2. The number of nitrogens with two attached hydrogens (primary N) is 1.